The zero-order valence-corrected chi connectivity index (χ0v) is 10.9. The summed E-state index contributed by atoms with van der Waals surface area (Å²) < 4.78 is 0. The fourth-order valence-corrected chi connectivity index (χ4v) is 2.14. The lowest BCUT2D eigenvalue weighted by Crippen LogP contribution is -2.33. The van der Waals surface area contributed by atoms with E-state index in [4.69, 9.17) is 11.5 Å². The molecule has 2 rings (SSSR count). The second-order valence-electron chi connectivity index (χ2n) is 5.08. The summed E-state index contributed by atoms with van der Waals surface area (Å²) in [6, 6.07) is 5.07. The van der Waals surface area contributed by atoms with Gasteiger partial charge in [0.25, 0.3) is 5.91 Å². The van der Waals surface area contributed by atoms with Crippen LogP contribution < -0.4 is 11.5 Å². The Hall–Kier alpha value is -1.71. The van der Waals surface area contributed by atoms with Crippen molar-refractivity contribution < 1.29 is 4.79 Å². The third-order valence-corrected chi connectivity index (χ3v) is 3.18. The first-order chi connectivity index (χ1) is 8.60. The zero-order chi connectivity index (χ0) is 13.1. The average Bonchev–Trinajstić information content (AvgIpc) is 3.10. The van der Waals surface area contributed by atoms with E-state index in [2.05, 4.69) is 6.92 Å². The molecule has 0 aromatic heterocycles. The molecule has 1 amide bonds. The van der Waals surface area contributed by atoms with Gasteiger partial charge in [0, 0.05) is 30.0 Å². The minimum atomic E-state index is 0.0442. The molecule has 98 valence electrons. The van der Waals surface area contributed by atoms with Crippen molar-refractivity contribution in [2.24, 2.45) is 5.92 Å². The van der Waals surface area contributed by atoms with Crippen molar-refractivity contribution >= 4 is 17.3 Å². The van der Waals surface area contributed by atoms with Gasteiger partial charge in [-0.05, 0) is 43.4 Å². The number of carbonyl (C=O) groups is 1. The highest BCUT2D eigenvalue weighted by molar-refractivity contribution is 5.96. The molecule has 0 heterocycles. The quantitative estimate of drug-likeness (QED) is 0.783. The van der Waals surface area contributed by atoms with Crippen molar-refractivity contribution in [1.82, 2.24) is 4.90 Å². The largest absolute Gasteiger partial charge is 0.399 e. The summed E-state index contributed by atoms with van der Waals surface area (Å²) in [5, 5.41) is 0. The highest BCUT2D eigenvalue weighted by Gasteiger charge is 2.26. The Morgan fingerprint density at radius 3 is 2.39 bits per heavy atom. The predicted molar refractivity (Wildman–Crippen MR) is 74.2 cm³/mol. The van der Waals surface area contributed by atoms with Gasteiger partial charge in [-0.3, -0.25) is 4.79 Å². The van der Waals surface area contributed by atoms with Crippen LogP contribution in [-0.2, 0) is 0 Å². The molecule has 0 spiro atoms. The Bertz CT molecular complexity index is 420. The molecule has 0 saturated heterocycles. The van der Waals surface area contributed by atoms with Crippen LogP contribution >= 0.6 is 0 Å². The van der Waals surface area contributed by atoms with Gasteiger partial charge in [-0.2, -0.15) is 0 Å². The van der Waals surface area contributed by atoms with E-state index in [1.165, 1.54) is 12.8 Å². The van der Waals surface area contributed by atoms with Gasteiger partial charge in [0.15, 0.2) is 0 Å². The standard InChI is InChI=1S/C14H21N3O/c1-2-5-17(9-10-3-4-10)14(18)11-6-12(15)8-13(16)7-11/h6-8,10H,2-5,9,15-16H2,1H3. The first-order valence-electron chi connectivity index (χ1n) is 6.55. The van der Waals surface area contributed by atoms with E-state index in [-0.39, 0.29) is 5.91 Å². The van der Waals surface area contributed by atoms with Gasteiger partial charge in [0.1, 0.15) is 0 Å². The summed E-state index contributed by atoms with van der Waals surface area (Å²) in [4.78, 5) is 14.3. The molecule has 1 aliphatic rings. The number of nitrogens with zero attached hydrogens (tertiary/aromatic N) is 1. The van der Waals surface area contributed by atoms with Gasteiger partial charge in [-0.15, -0.1) is 0 Å². The van der Waals surface area contributed by atoms with Crippen molar-refractivity contribution in [3.63, 3.8) is 0 Å². The molecular weight excluding hydrogens is 226 g/mol. The van der Waals surface area contributed by atoms with Gasteiger partial charge >= 0.3 is 0 Å². The number of rotatable bonds is 5. The van der Waals surface area contributed by atoms with Crippen LogP contribution in [0, 0.1) is 5.92 Å². The minimum absolute atomic E-state index is 0.0442. The second-order valence-corrected chi connectivity index (χ2v) is 5.08. The van der Waals surface area contributed by atoms with E-state index in [0.29, 0.717) is 22.9 Å². The molecule has 4 nitrogen and oxygen atoms in total. The molecule has 0 unspecified atom stereocenters. The summed E-state index contributed by atoms with van der Waals surface area (Å²) in [6.45, 7) is 3.74. The monoisotopic (exact) mass is 247 g/mol. The van der Waals surface area contributed by atoms with Crippen LogP contribution in [0.15, 0.2) is 18.2 Å². The Balaban J connectivity index is 2.14. The summed E-state index contributed by atoms with van der Waals surface area (Å²) >= 11 is 0. The number of nitrogen functional groups attached to an aromatic ring is 2. The molecule has 18 heavy (non-hydrogen) atoms. The maximum absolute atomic E-state index is 12.4. The molecular formula is C14H21N3O. The van der Waals surface area contributed by atoms with Gasteiger partial charge in [0.2, 0.25) is 0 Å². The zero-order valence-electron chi connectivity index (χ0n) is 10.9. The van der Waals surface area contributed by atoms with Crippen LogP contribution in [0.1, 0.15) is 36.5 Å². The number of anilines is 2. The Labute approximate surface area is 108 Å². The van der Waals surface area contributed by atoms with E-state index in [1.54, 1.807) is 18.2 Å². The van der Waals surface area contributed by atoms with Crippen molar-refractivity contribution in [3.8, 4) is 0 Å². The van der Waals surface area contributed by atoms with Gasteiger partial charge in [-0.1, -0.05) is 6.92 Å². The molecule has 4 heteroatoms. The maximum atomic E-state index is 12.4. The molecule has 1 aromatic rings. The van der Waals surface area contributed by atoms with Crippen molar-refractivity contribution in [1.29, 1.82) is 0 Å². The van der Waals surface area contributed by atoms with Crippen LogP contribution in [0.25, 0.3) is 0 Å². The first kappa shape index (κ1) is 12.7. The maximum Gasteiger partial charge on any atom is 0.254 e. The van der Waals surface area contributed by atoms with Gasteiger partial charge in [-0.25, -0.2) is 0 Å². The molecule has 0 radical (unpaired) electrons. The third kappa shape index (κ3) is 3.15. The number of carbonyl (C=O) groups excluding carboxylic acids is 1. The Morgan fingerprint density at radius 2 is 1.89 bits per heavy atom. The normalized spacial score (nSPS) is 14.5. The lowest BCUT2D eigenvalue weighted by atomic mass is 10.1. The first-order valence-corrected chi connectivity index (χ1v) is 6.55. The highest BCUT2D eigenvalue weighted by atomic mass is 16.2. The molecule has 1 fully saturated rings. The number of hydrogen-bond acceptors (Lipinski definition) is 3. The van der Waals surface area contributed by atoms with E-state index in [1.807, 2.05) is 4.90 Å². The number of nitrogens with two attached hydrogens (primary N) is 2. The summed E-state index contributed by atoms with van der Waals surface area (Å²) in [7, 11) is 0. The van der Waals surface area contributed by atoms with Crippen molar-refractivity contribution in [2.75, 3.05) is 24.6 Å². The van der Waals surface area contributed by atoms with Gasteiger partial charge in [0.05, 0.1) is 0 Å². The molecule has 0 atom stereocenters. The highest BCUT2D eigenvalue weighted by Crippen LogP contribution is 2.30. The average molecular weight is 247 g/mol. The van der Waals surface area contributed by atoms with Crippen LogP contribution in [0.3, 0.4) is 0 Å². The molecule has 1 aliphatic carbocycles. The number of benzene rings is 1. The molecule has 0 aliphatic heterocycles. The molecule has 4 N–H and O–H groups in total. The smallest absolute Gasteiger partial charge is 0.254 e. The van der Waals surface area contributed by atoms with Gasteiger partial charge < -0.3 is 16.4 Å². The van der Waals surface area contributed by atoms with Crippen LogP contribution in [-0.4, -0.2) is 23.9 Å². The van der Waals surface area contributed by atoms with Crippen molar-refractivity contribution in [2.45, 2.75) is 26.2 Å². The topological polar surface area (TPSA) is 72.3 Å². The van der Waals surface area contributed by atoms with Crippen LogP contribution in [0.4, 0.5) is 11.4 Å². The lowest BCUT2D eigenvalue weighted by Gasteiger charge is -2.22. The fourth-order valence-electron chi connectivity index (χ4n) is 2.14. The third-order valence-electron chi connectivity index (χ3n) is 3.18. The Morgan fingerprint density at radius 1 is 1.28 bits per heavy atom. The van der Waals surface area contributed by atoms with E-state index in [0.717, 1.165) is 19.5 Å². The summed E-state index contributed by atoms with van der Waals surface area (Å²) in [6.07, 6.45) is 3.45. The van der Waals surface area contributed by atoms with Crippen LogP contribution in [0.5, 0.6) is 0 Å². The second kappa shape index (κ2) is 5.29. The van der Waals surface area contributed by atoms with E-state index >= 15 is 0 Å². The van der Waals surface area contributed by atoms with Crippen molar-refractivity contribution in [3.05, 3.63) is 23.8 Å². The van der Waals surface area contributed by atoms with E-state index < -0.39 is 0 Å². The number of amides is 1. The molecule has 0 bridgehead atoms. The minimum Gasteiger partial charge on any atom is -0.399 e. The molecule has 1 saturated carbocycles. The lowest BCUT2D eigenvalue weighted by molar-refractivity contribution is 0.0748. The predicted octanol–water partition coefficient (Wildman–Crippen LogP) is 2.11. The Kier molecular flexibility index (Phi) is 3.75. The summed E-state index contributed by atoms with van der Waals surface area (Å²) in [5.41, 5.74) is 13.2. The van der Waals surface area contributed by atoms with E-state index in [9.17, 15) is 4.79 Å². The molecule has 1 aromatic carbocycles. The number of hydrogen-bond donors (Lipinski definition) is 2. The van der Waals surface area contributed by atoms with Crippen LogP contribution in [0.2, 0.25) is 0 Å². The summed E-state index contributed by atoms with van der Waals surface area (Å²) in [5.74, 6) is 0.738. The SMILES string of the molecule is CCCN(CC1CC1)C(=O)c1cc(N)cc(N)c1. The fraction of sp³-hybridized carbons (Fsp3) is 0.500.